The van der Waals surface area contributed by atoms with Gasteiger partial charge in [-0.25, -0.2) is 13.6 Å². The van der Waals surface area contributed by atoms with Crippen LogP contribution >= 0.6 is 0 Å². The molecule has 0 aliphatic carbocycles. The van der Waals surface area contributed by atoms with Crippen LogP contribution in [-0.4, -0.2) is 61.6 Å². The number of hydrogen-bond acceptors (Lipinski definition) is 5. The minimum Gasteiger partial charge on any atom is -0.444 e. The lowest BCUT2D eigenvalue weighted by Crippen LogP contribution is -2.49. The first-order valence-electron chi connectivity index (χ1n) is 12.4. The molecule has 4 rings (SSSR count). The molecule has 6 nitrogen and oxygen atoms in total. The molecule has 35 heavy (non-hydrogen) atoms. The molecule has 1 unspecified atom stereocenters. The number of amides is 1. The van der Waals surface area contributed by atoms with Gasteiger partial charge in [0.2, 0.25) is 0 Å². The van der Waals surface area contributed by atoms with E-state index in [1.54, 1.807) is 31.1 Å². The lowest BCUT2D eigenvalue weighted by molar-refractivity contribution is -0.0423. The maximum atomic E-state index is 13.8. The molecule has 0 aromatic heterocycles. The lowest BCUT2D eigenvalue weighted by Gasteiger charge is -2.33. The molecule has 0 saturated carbocycles. The number of nitrogens with one attached hydrogen (secondary N) is 1. The fourth-order valence-corrected chi connectivity index (χ4v) is 5.20. The van der Waals surface area contributed by atoms with Crippen molar-refractivity contribution in [3.63, 3.8) is 0 Å². The normalized spacial score (nSPS) is 22.4. The molecule has 3 atom stereocenters. The van der Waals surface area contributed by atoms with Crippen LogP contribution in [0.5, 0.6) is 0 Å². The molecular weight excluding hydrogens is 452 g/mol. The molecule has 2 aliphatic rings. The van der Waals surface area contributed by atoms with Gasteiger partial charge in [-0.05, 0) is 93.6 Å². The average Bonchev–Trinajstić information content (AvgIpc) is 3.15. The van der Waals surface area contributed by atoms with Gasteiger partial charge in [-0.1, -0.05) is 24.3 Å². The molecule has 2 fully saturated rings. The Kier molecular flexibility index (Phi) is 8.36. The minimum absolute atomic E-state index is 0.191. The van der Waals surface area contributed by atoms with Crippen LogP contribution < -0.4 is 5.32 Å². The number of carbonyl (C=O) groups excluding carboxylic acids is 1. The molecule has 2 heterocycles. The molecule has 1 amide bonds. The molecule has 8 heteroatoms. The van der Waals surface area contributed by atoms with Crippen LogP contribution in [0.4, 0.5) is 13.6 Å². The molecule has 0 spiro atoms. The van der Waals surface area contributed by atoms with Gasteiger partial charge < -0.3 is 14.4 Å². The average molecular weight is 488 g/mol. The number of rotatable bonds is 9. The summed E-state index contributed by atoms with van der Waals surface area (Å²) < 4.78 is 38.1. The van der Waals surface area contributed by atoms with Gasteiger partial charge in [-0.3, -0.25) is 10.2 Å². The van der Waals surface area contributed by atoms with Crippen LogP contribution in [0.15, 0.2) is 42.5 Å². The second-order valence-corrected chi connectivity index (χ2v) is 9.51. The first-order valence-corrected chi connectivity index (χ1v) is 12.4. The highest BCUT2D eigenvalue weighted by Crippen LogP contribution is 2.35. The van der Waals surface area contributed by atoms with E-state index >= 15 is 0 Å². The van der Waals surface area contributed by atoms with E-state index in [1.165, 1.54) is 23.8 Å². The predicted molar refractivity (Wildman–Crippen MR) is 130 cm³/mol. The van der Waals surface area contributed by atoms with Crippen molar-refractivity contribution >= 4 is 6.09 Å². The quantitative estimate of drug-likeness (QED) is 0.401. The van der Waals surface area contributed by atoms with Gasteiger partial charge in [-0.15, -0.1) is 0 Å². The lowest BCUT2D eigenvalue weighted by atomic mass is 9.89. The Labute approximate surface area is 206 Å². The Morgan fingerprint density at radius 1 is 1.11 bits per heavy atom. The Hall–Kier alpha value is -2.55. The highest BCUT2D eigenvalue weighted by atomic mass is 19.1. The summed E-state index contributed by atoms with van der Waals surface area (Å²) in [6.45, 7) is 7.18. The third kappa shape index (κ3) is 6.00. The van der Waals surface area contributed by atoms with Gasteiger partial charge in [-0.2, -0.15) is 0 Å². The highest BCUT2D eigenvalue weighted by Gasteiger charge is 2.44. The summed E-state index contributed by atoms with van der Waals surface area (Å²) in [6.07, 6.45) is 1.55. The van der Waals surface area contributed by atoms with Gasteiger partial charge in [0.15, 0.2) is 6.35 Å². The molecule has 1 N–H and O–H groups in total. The molecule has 0 radical (unpaired) electrons. The zero-order valence-corrected chi connectivity index (χ0v) is 20.7. The van der Waals surface area contributed by atoms with Crippen molar-refractivity contribution in [3.8, 4) is 0 Å². The number of carbonyl (C=O) groups is 1. The van der Waals surface area contributed by atoms with E-state index < -0.39 is 12.4 Å². The van der Waals surface area contributed by atoms with E-state index in [-0.39, 0.29) is 23.8 Å². The molecule has 0 bridgehead atoms. The largest absolute Gasteiger partial charge is 0.444 e. The molecule has 2 aromatic carbocycles. The SMILES string of the molecule is COC(NCCCN1CCC(c2ccc(F)cc2)CC1)N1C(=O)O[C@@H](C)[C@@H]1c1ccc(F)c(C)c1. The molecule has 2 aliphatic heterocycles. The topological polar surface area (TPSA) is 54.0 Å². The summed E-state index contributed by atoms with van der Waals surface area (Å²) >= 11 is 0. The third-order valence-corrected chi connectivity index (χ3v) is 7.14. The van der Waals surface area contributed by atoms with Gasteiger partial charge in [0.25, 0.3) is 0 Å². The number of cyclic esters (lactones) is 1. The van der Waals surface area contributed by atoms with Crippen LogP contribution in [0.3, 0.4) is 0 Å². The molecular formula is C27H35F2N3O3. The van der Waals surface area contributed by atoms with E-state index in [2.05, 4.69) is 10.2 Å². The Balaban J connectivity index is 1.27. The monoisotopic (exact) mass is 487 g/mol. The summed E-state index contributed by atoms with van der Waals surface area (Å²) in [5.41, 5.74) is 2.56. The fourth-order valence-electron chi connectivity index (χ4n) is 5.20. The van der Waals surface area contributed by atoms with Crippen LogP contribution in [0.1, 0.15) is 54.8 Å². The van der Waals surface area contributed by atoms with E-state index in [9.17, 15) is 13.6 Å². The second-order valence-electron chi connectivity index (χ2n) is 9.51. The van der Waals surface area contributed by atoms with Crippen molar-refractivity contribution in [3.05, 3.63) is 70.8 Å². The zero-order valence-electron chi connectivity index (χ0n) is 20.7. The second kappa shape index (κ2) is 11.5. The van der Waals surface area contributed by atoms with Gasteiger partial charge >= 0.3 is 6.09 Å². The Bertz CT molecular complexity index is 996. The number of ether oxygens (including phenoxy) is 2. The first-order chi connectivity index (χ1) is 16.9. The van der Waals surface area contributed by atoms with Crippen LogP contribution in [0.2, 0.25) is 0 Å². The van der Waals surface area contributed by atoms with Crippen LogP contribution in [0.25, 0.3) is 0 Å². The minimum atomic E-state index is -0.646. The molecule has 2 aromatic rings. The fraction of sp³-hybridized carbons (Fsp3) is 0.519. The third-order valence-electron chi connectivity index (χ3n) is 7.14. The van der Waals surface area contributed by atoms with Gasteiger partial charge in [0.05, 0.1) is 0 Å². The number of likely N-dealkylation sites (tertiary alicyclic amines) is 1. The van der Waals surface area contributed by atoms with Crippen LogP contribution in [0, 0.1) is 18.6 Å². The number of piperidine rings is 1. The Morgan fingerprint density at radius 3 is 2.46 bits per heavy atom. The maximum Gasteiger partial charge on any atom is 0.413 e. The van der Waals surface area contributed by atoms with E-state index in [0.29, 0.717) is 18.0 Å². The summed E-state index contributed by atoms with van der Waals surface area (Å²) in [5.74, 6) is 0.0168. The number of nitrogens with zero attached hydrogens (tertiary/aromatic N) is 2. The van der Waals surface area contributed by atoms with Crippen LogP contribution in [-0.2, 0) is 9.47 Å². The maximum absolute atomic E-state index is 13.8. The zero-order chi connectivity index (χ0) is 24.9. The van der Waals surface area contributed by atoms with Gasteiger partial charge in [0.1, 0.15) is 23.8 Å². The molecule has 2 saturated heterocycles. The number of benzene rings is 2. The first kappa shape index (κ1) is 25.5. The standard InChI is InChI=1S/C27H35F2N3O3/c1-18-17-22(7-10-24(18)29)25-19(2)35-27(33)32(25)26(34-3)30-13-4-14-31-15-11-21(12-16-31)20-5-8-23(28)9-6-20/h5-10,17,19,21,25-26,30H,4,11-16H2,1-3H3/t19-,25+,26?/m0/s1. The van der Waals surface area contributed by atoms with Crippen molar-refractivity contribution in [2.45, 2.75) is 57.5 Å². The van der Waals surface area contributed by atoms with Gasteiger partial charge in [0, 0.05) is 13.7 Å². The Morgan fingerprint density at radius 2 is 1.80 bits per heavy atom. The summed E-state index contributed by atoms with van der Waals surface area (Å²) in [6, 6.07) is 11.4. The van der Waals surface area contributed by atoms with Crippen molar-refractivity contribution in [1.29, 1.82) is 0 Å². The number of hydrogen-bond donors (Lipinski definition) is 1. The number of halogens is 2. The smallest absolute Gasteiger partial charge is 0.413 e. The van der Waals surface area contributed by atoms with Crippen molar-refractivity contribution in [2.75, 3.05) is 33.3 Å². The molecule has 190 valence electrons. The van der Waals surface area contributed by atoms with Crippen molar-refractivity contribution in [1.82, 2.24) is 15.1 Å². The van der Waals surface area contributed by atoms with Crippen molar-refractivity contribution in [2.24, 2.45) is 0 Å². The number of methoxy groups -OCH3 is 1. The number of aryl methyl sites for hydroxylation is 1. The summed E-state index contributed by atoms with van der Waals surface area (Å²) in [4.78, 5) is 16.7. The van der Waals surface area contributed by atoms with E-state index in [0.717, 1.165) is 44.5 Å². The van der Waals surface area contributed by atoms with Crippen molar-refractivity contribution < 1.29 is 23.0 Å². The van der Waals surface area contributed by atoms with E-state index in [1.807, 2.05) is 19.1 Å². The summed E-state index contributed by atoms with van der Waals surface area (Å²) in [5, 5.41) is 3.33. The van der Waals surface area contributed by atoms with E-state index in [4.69, 9.17) is 9.47 Å². The predicted octanol–water partition coefficient (Wildman–Crippen LogP) is 4.94. The highest BCUT2D eigenvalue weighted by molar-refractivity contribution is 5.71. The summed E-state index contributed by atoms with van der Waals surface area (Å²) in [7, 11) is 1.56.